The van der Waals surface area contributed by atoms with Crippen LogP contribution in [-0.2, 0) is 21.2 Å². The highest BCUT2D eigenvalue weighted by molar-refractivity contribution is 7.89. The van der Waals surface area contributed by atoms with Crippen molar-refractivity contribution in [2.45, 2.75) is 43.4 Å². The SMILES string of the molecule is O=C(CCc1nnc(-c2ccsc2)o1)Nc1ccc(S(=O)(=O)N2CCCCCC2)cc1. The van der Waals surface area contributed by atoms with Crippen molar-refractivity contribution in [2.24, 2.45) is 0 Å². The molecule has 1 fully saturated rings. The molecule has 8 nitrogen and oxygen atoms in total. The number of hydrogen-bond acceptors (Lipinski definition) is 7. The number of rotatable bonds is 7. The molecule has 1 amide bonds. The van der Waals surface area contributed by atoms with Gasteiger partial charge in [0.15, 0.2) is 0 Å². The molecule has 0 bridgehead atoms. The maximum atomic E-state index is 12.8. The fourth-order valence-corrected chi connectivity index (χ4v) is 5.59. The summed E-state index contributed by atoms with van der Waals surface area (Å²) in [5, 5.41) is 14.6. The smallest absolute Gasteiger partial charge is 0.248 e. The molecule has 164 valence electrons. The second-order valence-electron chi connectivity index (χ2n) is 7.40. The van der Waals surface area contributed by atoms with Crippen LogP contribution < -0.4 is 5.32 Å². The predicted octanol–water partition coefficient (Wildman–Crippen LogP) is 3.93. The number of benzene rings is 1. The van der Waals surface area contributed by atoms with Gasteiger partial charge in [0.2, 0.25) is 27.7 Å². The van der Waals surface area contributed by atoms with Crippen LogP contribution in [0.4, 0.5) is 5.69 Å². The topological polar surface area (TPSA) is 105 Å². The monoisotopic (exact) mass is 460 g/mol. The van der Waals surface area contributed by atoms with Crippen LogP contribution in [0.25, 0.3) is 11.5 Å². The second-order valence-corrected chi connectivity index (χ2v) is 10.1. The average molecular weight is 461 g/mol. The van der Waals surface area contributed by atoms with Gasteiger partial charge in [-0.2, -0.15) is 15.6 Å². The van der Waals surface area contributed by atoms with Crippen molar-refractivity contribution in [1.29, 1.82) is 0 Å². The van der Waals surface area contributed by atoms with E-state index >= 15 is 0 Å². The number of carbonyl (C=O) groups is 1. The summed E-state index contributed by atoms with van der Waals surface area (Å²) in [6.07, 6.45) is 4.42. The van der Waals surface area contributed by atoms with Crippen molar-refractivity contribution in [2.75, 3.05) is 18.4 Å². The van der Waals surface area contributed by atoms with Crippen LogP contribution in [0, 0.1) is 0 Å². The number of aryl methyl sites for hydroxylation is 1. The van der Waals surface area contributed by atoms with Crippen molar-refractivity contribution in [3.63, 3.8) is 0 Å². The number of anilines is 1. The predicted molar refractivity (Wildman–Crippen MR) is 118 cm³/mol. The Bertz CT molecular complexity index is 1100. The van der Waals surface area contributed by atoms with E-state index in [0.717, 1.165) is 31.2 Å². The van der Waals surface area contributed by atoms with Gasteiger partial charge in [-0.15, -0.1) is 10.2 Å². The van der Waals surface area contributed by atoms with E-state index in [9.17, 15) is 13.2 Å². The van der Waals surface area contributed by atoms with Gasteiger partial charge in [-0.05, 0) is 48.6 Å². The van der Waals surface area contributed by atoms with Crippen LogP contribution in [0.15, 0.2) is 50.4 Å². The third-order valence-electron chi connectivity index (χ3n) is 5.14. The lowest BCUT2D eigenvalue weighted by Crippen LogP contribution is -2.31. The second kappa shape index (κ2) is 9.71. The minimum atomic E-state index is -3.50. The van der Waals surface area contributed by atoms with E-state index in [4.69, 9.17) is 4.42 Å². The van der Waals surface area contributed by atoms with Gasteiger partial charge >= 0.3 is 0 Å². The maximum Gasteiger partial charge on any atom is 0.248 e. The van der Waals surface area contributed by atoms with Crippen molar-refractivity contribution >= 4 is 33.0 Å². The molecule has 0 saturated carbocycles. The summed E-state index contributed by atoms with van der Waals surface area (Å²) in [4.78, 5) is 12.5. The van der Waals surface area contributed by atoms with Crippen LogP contribution in [0.5, 0.6) is 0 Å². The van der Waals surface area contributed by atoms with Gasteiger partial charge < -0.3 is 9.73 Å². The van der Waals surface area contributed by atoms with E-state index in [1.54, 1.807) is 39.9 Å². The summed E-state index contributed by atoms with van der Waals surface area (Å²) in [5.41, 5.74) is 1.41. The highest BCUT2D eigenvalue weighted by Gasteiger charge is 2.25. The molecule has 0 radical (unpaired) electrons. The van der Waals surface area contributed by atoms with Crippen LogP contribution in [0.1, 0.15) is 38.0 Å². The van der Waals surface area contributed by atoms with Gasteiger partial charge in [0, 0.05) is 42.6 Å². The summed E-state index contributed by atoms with van der Waals surface area (Å²) >= 11 is 1.54. The normalized spacial score (nSPS) is 15.5. The average Bonchev–Trinajstić information content (AvgIpc) is 3.39. The molecule has 3 heterocycles. The van der Waals surface area contributed by atoms with Gasteiger partial charge in [-0.1, -0.05) is 12.8 Å². The van der Waals surface area contributed by atoms with E-state index in [0.29, 0.717) is 37.0 Å². The van der Waals surface area contributed by atoms with Crippen molar-refractivity contribution in [3.05, 3.63) is 47.0 Å². The van der Waals surface area contributed by atoms with Crippen molar-refractivity contribution in [3.8, 4) is 11.5 Å². The molecule has 0 atom stereocenters. The van der Waals surface area contributed by atoms with Crippen LogP contribution in [-0.4, -0.2) is 41.9 Å². The van der Waals surface area contributed by atoms with E-state index in [1.165, 1.54) is 0 Å². The van der Waals surface area contributed by atoms with Crippen LogP contribution >= 0.6 is 11.3 Å². The Labute approximate surface area is 185 Å². The molecule has 31 heavy (non-hydrogen) atoms. The number of nitrogens with one attached hydrogen (secondary N) is 1. The Hall–Kier alpha value is -2.56. The van der Waals surface area contributed by atoms with Gasteiger partial charge in [-0.25, -0.2) is 8.42 Å². The number of carbonyl (C=O) groups excluding carboxylic acids is 1. The number of nitrogens with zero attached hydrogens (tertiary/aromatic N) is 3. The third kappa shape index (κ3) is 5.38. The number of amides is 1. The molecule has 10 heteroatoms. The fourth-order valence-electron chi connectivity index (χ4n) is 3.44. The van der Waals surface area contributed by atoms with Crippen molar-refractivity contribution in [1.82, 2.24) is 14.5 Å². The Morgan fingerprint density at radius 3 is 2.48 bits per heavy atom. The molecule has 1 aliphatic rings. The molecule has 1 saturated heterocycles. The largest absolute Gasteiger partial charge is 0.421 e. The Morgan fingerprint density at radius 2 is 1.81 bits per heavy atom. The highest BCUT2D eigenvalue weighted by atomic mass is 32.2. The molecule has 0 spiro atoms. The quantitative estimate of drug-likeness (QED) is 0.573. The minimum absolute atomic E-state index is 0.180. The first kappa shape index (κ1) is 21.7. The molecule has 3 aromatic rings. The standard InChI is InChI=1S/C21H24N4O4S2/c26-19(9-10-20-23-24-21(29-20)16-11-14-30-15-16)22-17-5-7-18(8-6-17)31(27,28)25-12-3-1-2-4-13-25/h5-8,11,14-15H,1-4,9-10,12-13H2,(H,22,26). The van der Waals surface area contributed by atoms with E-state index in [-0.39, 0.29) is 17.2 Å². The molecule has 1 aliphatic heterocycles. The first-order valence-electron chi connectivity index (χ1n) is 10.3. The molecule has 1 aromatic carbocycles. The van der Waals surface area contributed by atoms with E-state index in [2.05, 4.69) is 15.5 Å². The third-order valence-corrected chi connectivity index (χ3v) is 7.74. The van der Waals surface area contributed by atoms with Crippen LogP contribution in [0.3, 0.4) is 0 Å². The molecule has 0 aliphatic carbocycles. The molecule has 2 aromatic heterocycles. The summed E-state index contributed by atoms with van der Waals surface area (Å²) in [7, 11) is -3.50. The first-order valence-corrected chi connectivity index (χ1v) is 12.7. The van der Waals surface area contributed by atoms with E-state index < -0.39 is 10.0 Å². The zero-order valence-corrected chi connectivity index (χ0v) is 18.6. The van der Waals surface area contributed by atoms with Gasteiger partial charge in [0.05, 0.1) is 4.90 Å². The minimum Gasteiger partial charge on any atom is -0.421 e. The summed E-state index contributed by atoms with van der Waals surface area (Å²) < 4.78 is 32.8. The number of thiophene rings is 1. The van der Waals surface area contributed by atoms with Crippen molar-refractivity contribution < 1.29 is 17.6 Å². The number of sulfonamides is 1. The zero-order valence-electron chi connectivity index (χ0n) is 17.0. The molecule has 1 N–H and O–H groups in total. The Kier molecular flexibility index (Phi) is 6.79. The summed E-state index contributed by atoms with van der Waals surface area (Å²) in [6.45, 7) is 1.12. The molecular formula is C21H24N4O4S2. The number of aromatic nitrogens is 2. The maximum absolute atomic E-state index is 12.8. The highest BCUT2D eigenvalue weighted by Crippen LogP contribution is 2.23. The van der Waals surface area contributed by atoms with Gasteiger partial charge in [-0.3, -0.25) is 4.79 Å². The Balaban J connectivity index is 1.32. The van der Waals surface area contributed by atoms with Gasteiger partial charge in [0.1, 0.15) is 0 Å². The zero-order chi connectivity index (χ0) is 21.7. The first-order chi connectivity index (χ1) is 15.0. The summed E-state index contributed by atoms with van der Waals surface area (Å²) in [6, 6.07) is 8.21. The fraction of sp³-hybridized carbons (Fsp3) is 0.381. The molecule has 4 rings (SSSR count). The Morgan fingerprint density at radius 1 is 1.06 bits per heavy atom. The lowest BCUT2D eigenvalue weighted by Gasteiger charge is -2.20. The molecular weight excluding hydrogens is 436 g/mol. The van der Waals surface area contributed by atoms with E-state index in [1.807, 2.05) is 16.8 Å². The lowest BCUT2D eigenvalue weighted by molar-refractivity contribution is -0.116. The van der Waals surface area contributed by atoms with Crippen LogP contribution in [0.2, 0.25) is 0 Å². The molecule has 0 unspecified atom stereocenters. The van der Waals surface area contributed by atoms with Gasteiger partial charge in [0.25, 0.3) is 0 Å². The lowest BCUT2D eigenvalue weighted by atomic mass is 10.2. The number of hydrogen-bond donors (Lipinski definition) is 1. The summed E-state index contributed by atoms with van der Waals surface area (Å²) in [5.74, 6) is 0.631.